The van der Waals surface area contributed by atoms with Crippen LogP contribution in [-0.4, -0.2) is 0 Å². The summed E-state index contributed by atoms with van der Waals surface area (Å²) in [7, 11) is 0. The largest absolute Gasteiger partial charge is 0.0853 e. The average Bonchev–Trinajstić information content (AvgIpc) is 2.40. The van der Waals surface area contributed by atoms with Crippen molar-refractivity contribution in [3.8, 4) is 0 Å². The Labute approximate surface area is 115 Å². The first-order valence-corrected chi connectivity index (χ1v) is 7.48. The van der Waals surface area contributed by atoms with Crippen LogP contribution < -0.4 is 0 Å². The summed E-state index contributed by atoms with van der Waals surface area (Å²) in [6.45, 7) is 12.9. The van der Waals surface area contributed by atoms with Crippen LogP contribution in [0.2, 0.25) is 0 Å². The molecule has 0 saturated heterocycles. The fraction of sp³-hybridized carbons (Fsp3) is 0.611. The topological polar surface area (TPSA) is 0 Å². The Balaban J connectivity index is 4.01. The Morgan fingerprint density at radius 1 is 0.833 bits per heavy atom. The van der Waals surface area contributed by atoms with E-state index in [4.69, 9.17) is 0 Å². The van der Waals surface area contributed by atoms with E-state index in [2.05, 4.69) is 52.8 Å². The Morgan fingerprint density at radius 3 is 2.06 bits per heavy atom. The van der Waals surface area contributed by atoms with Gasteiger partial charge in [-0.2, -0.15) is 0 Å². The molecule has 0 heterocycles. The second kappa shape index (κ2) is 11.3. The number of unbranched alkanes of at least 4 members (excludes halogenated alkanes) is 1. The van der Waals surface area contributed by atoms with Crippen LogP contribution in [0.15, 0.2) is 34.9 Å². The van der Waals surface area contributed by atoms with Crippen molar-refractivity contribution in [2.24, 2.45) is 0 Å². The van der Waals surface area contributed by atoms with E-state index in [1.165, 1.54) is 43.3 Å². The molecule has 0 rings (SSSR count). The molecule has 0 aromatic rings. The van der Waals surface area contributed by atoms with E-state index in [1.54, 1.807) is 5.57 Å². The molecule has 0 heteroatoms. The molecule has 0 fully saturated rings. The molecule has 0 atom stereocenters. The summed E-state index contributed by atoms with van der Waals surface area (Å²) in [5.41, 5.74) is 4.38. The summed E-state index contributed by atoms with van der Waals surface area (Å²) in [6, 6.07) is 0. The van der Waals surface area contributed by atoms with Crippen LogP contribution in [0.1, 0.15) is 72.6 Å². The van der Waals surface area contributed by atoms with Crippen molar-refractivity contribution in [1.29, 1.82) is 0 Å². The zero-order valence-corrected chi connectivity index (χ0v) is 12.9. The summed E-state index contributed by atoms with van der Waals surface area (Å²) < 4.78 is 0. The second-order valence-electron chi connectivity index (χ2n) is 4.95. The lowest BCUT2D eigenvalue weighted by Gasteiger charge is -2.03. The number of allylic oxidation sites excluding steroid dienone is 6. The Bertz CT molecular complexity index is 289. The first-order chi connectivity index (χ1) is 8.63. The maximum Gasteiger partial charge on any atom is -0.0283 e. The van der Waals surface area contributed by atoms with Gasteiger partial charge in [0.1, 0.15) is 0 Å². The summed E-state index contributed by atoms with van der Waals surface area (Å²) in [5.74, 6) is 0. The second-order valence-corrected chi connectivity index (χ2v) is 4.95. The van der Waals surface area contributed by atoms with Crippen molar-refractivity contribution >= 4 is 0 Å². The van der Waals surface area contributed by atoms with Gasteiger partial charge in [-0.1, -0.05) is 55.7 Å². The van der Waals surface area contributed by atoms with E-state index in [-0.39, 0.29) is 0 Å². The van der Waals surface area contributed by atoms with Crippen molar-refractivity contribution in [3.05, 3.63) is 41.9 Å². The third-order valence-electron chi connectivity index (χ3n) is 3.46. The third-order valence-corrected chi connectivity index (χ3v) is 3.46. The molecular formula is C18H31. The fourth-order valence-corrected chi connectivity index (χ4v) is 1.79. The SMILES string of the molecule is [CH2]/C(=C/CC/C=C(\CC)CC/C=C(/C)CC)CC. The van der Waals surface area contributed by atoms with Gasteiger partial charge in [0.25, 0.3) is 0 Å². The highest BCUT2D eigenvalue weighted by Crippen LogP contribution is 2.14. The number of hydrogen-bond donors (Lipinski definition) is 0. The molecule has 0 amide bonds. The van der Waals surface area contributed by atoms with Crippen LogP contribution in [0.4, 0.5) is 0 Å². The summed E-state index contributed by atoms with van der Waals surface area (Å²) in [5, 5.41) is 0. The van der Waals surface area contributed by atoms with Crippen LogP contribution in [0.25, 0.3) is 0 Å². The van der Waals surface area contributed by atoms with Crippen LogP contribution in [-0.2, 0) is 0 Å². The molecule has 0 bridgehead atoms. The van der Waals surface area contributed by atoms with Gasteiger partial charge >= 0.3 is 0 Å². The molecule has 0 aliphatic rings. The molecular weight excluding hydrogens is 216 g/mol. The van der Waals surface area contributed by atoms with Gasteiger partial charge in [0, 0.05) is 0 Å². The molecule has 18 heavy (non-hydrogen) atoms. The Hall–Kier alpha value is -0.780. The van der Waals surface area contributed by atoms with Gasteiger partial charge in [-0.05, 0) is 58.8 Å². The summed E-state index contributed by atoms with van der Waals surface area (Å²) in [6.07, 6.45) is 15.2. The van der Waals surface area contributed by atoms with Gasteiger partial charge in [0.05, 0.1) is 0 Å². The molecule has 0 aliphatic carbocycles. The predicted octanol–water partition coefficient (Wildman–Crippen LogP) is 6.41. The normalized spacial score (nSPS) is 14.2. The quantitative estimate of drug-likeness (QED) is 0.326. The van der Waals surface area contributed by atoms with Crippen LogP contribution in [0.3, 0.4) is 0 Å². The predicted molar refractivity (Wildman–Crippen MR) is 84.6 cm³/mol. The third kappa shape index (κ3) is 9.27. The number of rotatable bonds is 9. The van der Waals surface area contributed by atoms with E-state index in [0.717, 1.165) is 12.8 Å². The lowest BCUT2D eigenvalue weighted by Crippen LogP contribution is -1.83. The van der Waals surface area contributed by atoms with Crippen molar-refractivity contribution in [1.82, 2.24) is 0 Å². The zero-order valence-electron chi connectivity index (χ0n) is 12.9. The average molecular weight is 247 g/mol. The molecule has 0 aliphatic heterocycles. The van der Waals surface area contributed by atoms with Gasteiger partial charge in [-0.3, -0.25) is 0 Å². The van der Waals surface area contributed by atoms with E-state index in [9.17, 15) is 0 Å². The molecule has 0 aromatic heterocycles. The smallest absolute Gasteiger partial charge is 0.0283 e. The van der Waals surface area contributed by atoms with E-state index >= 15 is 0 Å². The van der Waals surface area contributed by atoms with Gasteiger partial charge < -0.3 is 0 Å². The highest BCUT2D eigenvalue weighted by atomic mass is 14.0. The standard InChI is InChI=1S/C18H31/c1-6-16(4)12-9-10-14-18(8-3)15-11-13-17(5)7-2/h12-14H,4,6-11,15H2,1-3,5H3/b16-12-,17-13-,18-14+. The van der Waals surface area contributed by atoms with Gasteiger partial charge in [0.2, 0.25) is 0 Å². The van der Waals surface area contributed by atoms with E-state index in [1.807, 2.05) is 0 Å². The minimum absolute atomic E-state index is 1.07. The molecule has 0 N–H and O–H groups in total. The molecule has 103 valence electrons. The minimum Gasteiger partial charge on any atom is -0.0853 e. The van der Waals surface area contributed by atoms with Crippen molar-refractivity contribution in [3.63, 3.8) is 0 Å². The van der Waals surface area contributed by atoms with Crippen molar-refractivity contribution < 1.29 is 0 Å². The highest BCUT2D eigenvalue weighted by molar-refractivity contribution is 5.08. The first kappa shape index (κ1) is 17.2. The van der Waals surface area contributed by atoms with Crippen LogP contribution >= 0.6 is 0 Å². The van der Waals surface area contributed by atoms with Gasteiger partial charge in [-0.15, -0.1) is 0 Å². The Morgan fingerprint density at radius 2 is 1.50 bits per heavy atom. The van der Waals surface area contributed by atoms with Crippen LogP contribution in [0, 0.1) is 6.92 Å². The number of hydrogen-bond acceptors (Lipinski definition) is 0. The lowest BCUT2D eigenvalue weighted by atomic mass is 10.0. The Kier molecular flexibility index (Phi) is 10.8. The fourth-order valence-electron chi connectivity index (χ4n) is 1.79. The summed E-state index contributed by atoms with van der Waals surface area (Å²) in [4.78, 5) is 0. The maximum absolute atomic E-state index is 4.00. The zero-order chi connectivity index (χ0) is 13.8. The molecule has 0 spiro atoms. The van der Waals surface area contributed by atoms with Gasteiger partial charge in [0.15, 0.2) is 0 Å². The highest BCUT2D eigenvalue weighted by Gasteiger charge is 1.94. The molecule has 1 radical (unpaired) electrons. The van der Waals surface area contributed by atoms with Crippen LogP contribution in [0.5, 0.6) is 0 Å². The monoisotopic (exact) mass is 247 g/mol. The molecule has 0 unspecified atom stereocenters. The van der Waals surface area contributed by atoms with Gasteiger partial charge in [-0.25, -0.2) is 0 Å². The van der Waals surface area contributed by atoms with E-state index in [0.29, 0.717) is 0 Å². The van der Waals surface area contributed by atoms with E-state index < -0.39 is 0 Å². The minimum atomic E-state index is 1.07. The maximum atomic E-state index is 4.00. The van der Waals surface area contributed by atoms with Crippen molar-refractivity contribution in [2.45, 2.75) is 72.6 Å². The molecule has 0 nitrogen and oxygen atoms in total. The summed E-state index contributed by atoms with van der Waals surface area (Å²) >= 11 is 0. The first-order valence-electron chi connectivity index (χ1n) is 7.48. The lowest BCUT2D eigenvalue weighted by molar-refractivity contribution is 0.873. The van der Waals surface area contributed by atoms with Crippen molar-refractivity contribution in [2.75, 3.05) is 0 Å². The molecule has 0 aromatic carbocycles. The molecule has 0 saturated carbocycles.